The SMILES string of the molecule is Cc1nc2c(F)cc(-c3ccn4nc(NC5CC6(COC6)C5)ncc34)cc2n1C(C)C. The normalized spacial score (nSPS) is 18.1. The molecule has 31 heavy (non-hydrogen) atoms. The van der Waals surface area contributed by atoms with Gasteiger partial charge in [-0.3, -0.25) is 0 Å². The van der Waals surface area contributed by atoms with Gasteiger partial charge in [-0.2, -0.15) is 0 Å². The average molecular weight is 420 g/mol. The number of halogens is 1. The lowest BCUT2D eigenvalue weighted by atomic mass is 9.64. The summed E-state index contributed by atoms with van der Waals surface area (Å²) in [5, 5.41) is 8.05. The number of fused-ring (bicyclic) bond motifs is 2. The van der Waals surface area contributed by atoms with Crippen molar-refractivity contribution in [2.45, 2.75) is 45.7 Å². The van der Waals surface area contributed by atoms with Crippen molar-refractivity contribution in [1.82, 2.24) is 24.1 Å². The van der Waals surface area contributed by atoms with E-state index in [1.54, 1.807) is 16.8 Å². The van der Waals surface area contributed by atoms with Crippen LogP contribution < -0.4 is 5.32 Å². The molecule has 0 amide bonds. The van der Waals surface area contributed by atoms with Crippen LogP contribution in [0.1, 0.15) is 38.6 Å². The molecule has 1 aliphatic carbocycles. The number of aromatic nitrogens is 5. The summed E-state index contributed by atoms with van der Waals surface area (Å²) in [5.74, 6) is 1.12. The first-order valence-corrected chi connectivity index (χ1v) is 10.8. The number of nitrogens with one attached hydrogen (secondary N) is 1. The Morgan fingerprint density at radius 3 is 2.74 bits per heavy atom. The van der Waals surface area contributed by atoms with E-state index in [4.69, 9.17) is 4.74 Å². The summed E-state index contributed by atoms with van der Waals surface area (Å²) in [6, 6.07) is 6.11. The summed E-state index contributed by atoms with van der Waals surface area (Å²) in [6.45, 7) is 7.83. The fourth-order valence-corrected chi connectivity index (χ4v) is 5.18. The lowest BCUT2D eigenvalue weighted by Gasteiger charge is -2.53. The highest BCUT2D eigenvalue weighted by molar-refractivity contribution is 5.88. The van der Waals surface area contributed by atoms with Crippen LogP contribution in [-0.4, -0.2) is 43.4 Å². The highest BCUT2D eigenvalue weighted by Gasteiger charge is 2.49. The van der Waals surface area contributed by atoms with Gasteiger partial charge in [-0.15, -0.1) is 5.10 Å². The highest BCUT2D eigenvalue weighted by atomic mass is 19.1. The van der Waals surface area contributed by atoms with E-state index >= 15 is 0 Å². The fraction of sp³-hybridized carbons (Fsp3) is 0.435. The molecule has 4 heterocycles. The predicted octanol–water partition coefficient (Wildman–Crippen LogP) is 4.37. The number of hydrogen-bond acceptors (Lipinski definition) is 5. The molecule has 0 atom stereocenters. The van der Waals surface area contributed by atoms with E-state index in [2.05, 4.69) is 38.8 Å². The number of nitrogens with zero attached hydrogens (tertiary/aromatic N) is 5. The van der Waals surface area contributed by atoms with Gasteiger partial charge in [-0.1, -0.05) is 0 Å². The maximum Gasteiger partial charge on any atom is 0.241 e. The van der Waals surface area contributed by atoms with Crippen molar-refractivity contribution < 1.29 is 9.13 Å². The maximum absolute atomic E-state index is 14.9. The van der Waals surface area contributed by atoms with Gasteiger partial charge in [0.05, 0.1) is 30.4 Å². The van der Waals surface area contributed by atoms with Crippen molar-refractivity contribution in [1.29, 1.82) is 0 Å². The molecule has 0 radical (unpaired) electrons. The predicted molar refractivity (Wildman–Crippen MR) is 117 cm³/mol. The van der Waals surface area contributed by atoms with Crippen molar-refractivity contribution in [2.75, 3.05) is 18.5 Å². The molecule has 1 spiro atoms. The summed E-state index contributed by atoms with van der Waals surface area (Å²) in [5.41, 5.74) is 4.15. The van der Waals surface area contributed by atoms with Crippen LogP contribution in [0.4, 0.5) is 10.3 Å². The van der Waals surface area contributed by atoms with Crippen LogP contribution in [0.25, 0.3) is 27.7 Å². The minimum absolute atomic E-state index is 0.194. The van der Waals surface area contributed by atoms with E-state index in [9.17, 15) is 4.39 Å². The van der Waals surface area contributed by atoms with Gasteiger partial charge in [0.25, 0.3) is 0 Å². The van der Waals surface area contributed by atoms with Gasteiger partial charge < -0.3 is 14.6 Å². The second-order valence-electron chi connectivity index (χ2n) is 9.33. The van der Waals surface area contributed by atoms with E-state index in [0.717, 1.165) is 54.0 Å². The first kappa shape index (κ1) is 18.7. The standard InChI is InChI=1S/C23H25FN6O/c1-13(2)30-14(3)26-21-18(24)6-15(7-19(21)30)17-4-5-29-20(17)10-25-22(28-29)27-16-8-23(9-16)11-31-12-23/h4-7,10,13,16H,8-9,11-12H2,1-3H3,(H,27,28). The van der Waals surface area contributed by atoms with Crippen LogP contribution in [0.3, 0.4) is 0 Å². The van der Waals surface area contributed by atoms with Crippen LogP contribution in [-0.2, 0) is 4.74 Å². The monoisotopic (exact) mass is 420 g/mol. The maximum atomic E-state index is 14.9. The van der Waals surface area contributed by atoms with Gasteiger partial charge >= 0.3 is 0 Å². The van der Waals surface area contributed by atoms with Crippen LogP contribution >= 0.6 is 0 Å². The summed E-state index contributed by atoms with van der Waals surface area (Å²) in [6.07, 6.45) is 5.91. The number of aryl methyl sites for hydroxylation is 1. The fourth-order valence-electron chi connectivity index (χ4n) is 5.18. The zero-order valence-corrected chi connectivity index (χ0v) is 17.9. The molecule has 8 heteroatoms. The van der Waals surface area contributed by atoms with Crippen molar-refractivity contribution in [3.63, 3.8) is 0 Å². The quantitative estimate of drug-likeness (QED) is 0.531. The third-order valence-corrected chi connectivity index (χ3v) is 6.68. The molecule has 1 aliphatic heterocycles. The number of imidazole rings is 1. The Kier molecular flexibility index (Phi) is 3.93. The Balaban J connectivity index is 1.34. The lowest BCUT2D eigenvalue weighted by molar-refractivity contribution is -0.160. The number of ether oxygens (including phenoxy) is 1. The Labute approximate surface area is 179 Å². The number of benzene rings is 1. The molecule has 2 fully saturated rings. The Hall–Kier alpha value is -3.00. The van der Waals surface area contributed by atoms with Crippen molar-refractivity contribution >= 4 is 22.5 Å². The molecule has 6 rings (SSSR count). The van der Waals surface area contributed by atoms with E-state index in [-0.39, 0.29) is 11.9 Å². The molecule has 7 nitrogen and oxygen atoms in total. The minimum Gasteiger partial charge on any atom is -0.380 e. The van der Waals surface area contributed by atoms with Crippen LogP contribution in [0.5, 0.6) is 0 Å². The third-order valence-electron chi connectivity index (χ3n) is 6.68. The zero-order valence-electron chi connectivity index (χ0n) is 17.9. The Morgan fingerprint density at radius 1 is 1.23 bits per heavy atom. The minimum atomic E-state index is -0.313. The Morgan fingerprint density at radius 2 is 2.03 bits per heavy atom. The summed E-state index contributed by atoms with van der Waals surface area (Å²) in [7, 11) is 0. The van der Waals surface area contributed by atoms with Gasteiger partial charge in [0.1, 0.15) is 11.3 Å². The number of hydrogen-bond donors (Lipinski definition) is 1. The molecule has 4 aromatic rings. The summed E-state index contributed by atoms with van der Waals surface area (Å²) in [4.78, 5) is 8.96. The molecular formula is C23H25FN6O. The number of rotatable bonds is 4. The van der Waals surface area contributed by atoms with E-state index in [1.165, 1.54) is 0 Å². The highest BCUT2D eigenvalue weighted by Crippen LogP contribution is 2.47. The molecule has 0 bridgehead atoms. The second kappa shape index (κ2) is 6.50. The van der Waals surface area contributed by atoms with Crippen molar-refractivity contribution in [3.8, 4) is 11.1 Å². The van der Waals surface area contributed by atoms with Gasteiger partial charge in [0.15, 0.2) is 5.82 Å². The van der Waals surface area contributed by atoms with E-state index in [1.807, 2.05) is 25.3 Å². The second-order valence-corrected chi connectivity index (χ2v) is 9.33. The van der Waals surface area contributed by atoms with Gasteiger partial charge in [0.2, 0.25) is 5.95 Å². The third kappa shape index (κ3) is 2.85. The van der Waals surface area contributed by atoms with Gasteiger partial charge in [-0.25, -0.2) is 18.9 Å². The first-order valence-electron chi connectivity index (χ1n) is 10.8. The van der Waals surface area contributed by atoms with Crippen LogP contribution in [0.2, 0.25) is 0 Å². The van der Waals surface area contributed by atoms with Crippen molar-refractivity contribution in [2.24, 2.45) is 5.41 Å². The average Bonchev–Trinajstić information content (AvgIpc) is 3.23. The molecule has 0 unspecified atom stereocenters. The molecule has 2 aliphatic rings. The first-order chi connectivity index (χ1) is 14.9. The molecular weight excluding hydrogens is 395 g/mol. The van der Waals surface area contributed by atoms with E-state index in [0.29, 0.717) is 22.9 Å². The lowest BCUT2D eigenvalue weighted by Crippen LogP contribution is -2.56. The molecule has 1 saturated heterocycles. The van der Waals surface area contributed by atoms with Crippen LogP contribution in [0, 0.1) is 18.2 Å². The van der Waals surface area contributed by atoms with Crippen molar-refractivity contribution in [3.05, 3.63) is 42.2 Å². The zero-order chi connectivity index (χ0) is 21.3. The number of anilines is 1. The smallest absolute Gasteiger partial charge is 0.241 e. The van der Waals surface area contributed by atoms with E-state index < -0.39 is 0 Å². The molecule has 1 aromatic carbocycles. The Bertz CT molecular complexity index is 1310. The van der Waals surface area contributed by atoms with Gasteiger partial charge in [0, 0.05) is 29.3 Å². The molecule has 1 saturated carbocycles. The molecule has 160 valence electrons. The van der Waals surface area contributed by atoms with Crippen LogP contribution in [0.15, 0.2) is 30.6 Å². The summed E-state index contributed by atoms with van der Waals surface area (Å²) >= 11 is 0. The molecule has 1 N–H and O–H groups in total. The molecule has 3 aromatic heterocycles. The largest absolute Gasteiger partial charge is 0.380 e. The van der Waals surface area contributed by atoms with Gasteiger partial charge in [-0.05, 0) is 57.4 Å². The topological polar surface area (TPSA) is 69.3 Å². The summed E-state index contributed by atoms with van der Waals surface area (Å²) < 4.78 is 24.1.